The van der Waals surface area contributed by atoms with E-state index in [0.29, 0.717) is 23.4 Å². The number of phenolic OH excluding ortho intramolecular Hbond substituents is 2. The van der Waals surface area contributed by atoms with Crippen LogP contribution in [0.3, 0.4) is 0 Å². The molecule has 0 radical (unpaired) electrons. The second-order valence-corrected chi connectivity index (χ2v) is 7.52. The van der Waals surface area contributed by atoms with Gasteiger partial charge in [-0.2, -0.15) is 13.2 Å². The van der Waals surface area contributed by atoms with Crippen LogP contribution >= 0.6 is 0 Å². The van der Waals surface area contributed by atoms with Crippen molar-refractivity contribution in [1.29, 1.82) is 0 Å². The number of alkyl halides is 3. The van der Waals surface area contributed by atoms with Crippen LogP contribution in [0.2, 0.25) is 0 Å². The van der Waals surface area contributed by atoms with Crippen LogP contribution in [0.25, 0.3) is 33.6 Å². The summed E-state index contributed by atoms with van der Waals surface area (Å²) in [5.74, 6) is 0.269. The fourth-order valence-electron chi connectivity index (χ4n) is 3.98. The zero-order chi connectivity index (χ0) is 21.8. The Morgan fingerprint density at radius 2 is 1.35 bits per heavy atom. The molecule has 3 aromatic carbocycles. The summed E-state index contributed by atoms with van der Waals surface area (Å²) in [5.41, 5.74) is 5.63. The van der Waals surface area contributed by atoms with E-state index in [0.717, 1.165) is 39.9 Å². The minimum atomic E-state index is -4.41. The molecule has 154 valence electrons. The summed E-state index contributed by atoms with van der Waals surface area (Å²) in [6, 6.07) is 18.7. The lowest BCUT2D eigenvalue weighted by atomic mass is 9.96. The molecule has 1 aromatic heterocycles. The fourth-order valence-corrected chi connectivity index (χ4v) is 3.98. The van der Waals surface area contributed by atoms with Crippen LogP contribution in [-0.4, -0.2) is 15.2 Å². The Bertz CT molecular complexity index is 1290. The van der Waals surface area contributed by atoms with Crippen molar-refractivity contribution in [3.8, 4) is 45.1 Å². The van der Waals surface area contributed by atoms with Crippen LogP contribution in [0, 0.1) is 0 Å². The van der Waals surface area contributed by atoms with Crippen molar-refractivity contribution >= 4 is 0 Å². The first kappa shape index (κ1) is 19.2. The lowest BCUT2D eigenvalue weighted by Gasteiger charge is -2.13. The number of aromatic nitrogens is 1. The van der Waals surface area contributed by atoms with Gasteiger partial charge in [-0.05, 0) is 64.7 Å². The van der Waals surface area contributed by atoms with Crippen molar-refractivity contribution in [1.82, 2.24) is 4.98 Å². The van der Waals surface area contributed by atoms with Crippen LogP contribution in [-0.2, 0) is 12.6 Å². The van der Waals surface area contributed by atoms with E-state index in [4.69, 9.17) is 4.98 Å². The van der Waals surface area contributed by atoms with Gasteiger partial charge in [-0.25, -0.2) is 4.98 Å². The van der Waals surface area contributed by atoms with Crippen LogP contribution in [0.4, 0.5) is 13.2 Å². The largest absolute Gasteiger partial charge is 0.508 e. The van der Waals surface area contributed by atoms with E-state index in [1.165, 1.54) is 12.1 Å². The van der Waals surface area contributed by atoms with Crippen molar-refractivity contribution in [2.24, 2.45) is 0 Å². The maximum absolute atomic E-state index is 13.0. The van der Waals surface area contributed by atoms with E-state index >= 15 is 0 Å². The Balaban J connectivity index is 1.71. The normalized spacial score (nSPS) is 12.5. The molecule has 6 heteroatoms. The highest BCUT2D eigenvalue weighted by Gasteiger charge is 2.30. The first-order valence-corrected chi connectivity index (χ1v) is 9.63. The average molecular weight is 419 g/mol. The Hall–Kier alpha value is -3.80. The standard InChI is InChI=1S/C25H16F3NO2/c26-25(27,28)17-6-1-15(2-7-17)23-13-20(14-3-8-18(30)9-4-14)22-11-16-5-10-19(31)12-21(16)24(22)29-23/h1-10,12-13,30-31H,11H2. The average Bonchev–Trinajstić information content (AvgIpc) is 3.11. The molecule has 0 spiro atoms. The number of pyridine rings is 1. The van der Waals surface area contributed by atoms with Crippen LogP contribution in [0.5, 0.6) is 11.5 Å². The Morgan fingerprint density at radius 1 is 0.710 bits per heavy atom. The van der Waals surface area contributed by atoms with E-state index in [1.54, 1.807) is 36.4 Å². The summed E-state index contributed by atoms with van der Waals surface area (Å²) in [7, 11) is 0. The number of benzene rings is 3. The molecule has 5 rings (SSSR count). The lowest BCUT2D eigenvalue weighted by Crippen LogP contribution is -2.04. The summed E-state index contributed by atoms with van der Waals surface area (Å²) in [6.07, 6.45) is -3.78. The van der Waals surface area contributed by atoms with Gasteiger partial charge in [0.05, 0.1) is 17.0 Å². The zero-order valence-electron chi connectivity index (χ0n) is 16.1. The SMILES string of the molecule is Oc1ccc(-c2cc(-c3ccc(C(F)(F)F)cc3)nc3c2Cc2ccc(O)cc2-3)cc1. The smallest absolute Gasteiger partial charge is 0.416 e. The van der Waals surface area contributed by atoms with Gasteiger partial charge in [-0.1, -0.05) is 30.3 Å². The maximum atomic E-state index is 13.0. The molecule has 0 saturated carbocycles. The molecule has 3 nitrogen and oxygen atoms in total. The van der Waals surface area contributed by atoms with Gasteiger partial charge in [0.15, 0.2) is 0 Å². The molecular formula is C25H16F3NO2. The van der Waals surface area contributed by atoms with Crippen molar-refractivity contribution in [3.63, 3.8) is 0 Å². The van der Waals surface area contributed by atoms with Gasteiger partial charge in [0.2, 0.25) is 0 Å². The molecule has 31 heavy (non-hydrogen) atoms. The molecule has 0 atom stereocenters. The van der Waals surface area contributed by atoms with E-state index in [1.807, 2.05) is 12.1 Å². The number of fused-ring (bicyclic) bond motifs is 3. The minimum absolute atomic E-state index is 0.125. The van der Waals surface area contributed by atoms with Crippen molar-refractivity contribution in [2.45, 2.75) is 12.6 Å². The van der Waals surface area contributed by atoms with E-state index in [9.17, 15) is 23.4 Å². The maximum Gasteiger partial charge on any atom is 0.416 e. The van der Waals surface area contributed by atoms with Gasteiger partial charge >= 0.3 is 6.18 Å². The van der Waals surface area contributed by atoms with Crippen molar-refractivity contribution < 1.29 is 23.4 Å². The molecule has 0 bridgehead atoms. The molecule has 0 unspecified atom stereocenters. The third-order valence-corrected chi connectivity index (χ3v) is 5.53. The molecule has 1 aliphatic rings. The van der Waals surface area contributed by atoms with Gasteiger partial charge in [0, 0.05) is 17.5 Å². The molecule has 0 saturated heterocycles. The molecule has 2 N–H and O–H groups in total. The highest BCUT2D eigenvalue weighted by atomic mass is 19.4. The van der Waals surface area contributed by atoms with Gasteiger partial charge in [0.25, 0.3) is 0 Å². The number of hydrogen-bond acceptors (Lipinski definition) is 3. The topological polar surface area (TPSA) is 53.4 Å². The highest BCUT2D eigenvalue weighted by Crippen LogP contribution is 2.43. The molecule has 0 aliphatic heterocycles. The predicted octanol–water partition coefficient (Wildman–Crippen LogP) is 6.42. The minimum Gasteiger partial charge on any atom is -0.508 e. The number of phenols is 2. The Morgan fingerprint density at radius 3 is 2.03 bits per heavy atom. The van der Waals surface area contributed by atoms with Crippen LogP contribution < -0.4 is 0 Å². The highest BCUT2D eigenvalue weighted by molar-refractivity contribution is 5.86. The van der Waals surface area contributed by atoms with E-state index in [2.05, 4.69) is 0 Å². The number of aromatic hydroxyl groups is 2. The Kier molecular flexibility index (Phi) is 4.25. The van der Waals surface area contributed by atoms with Crippen LogP contribution in [0.1, 0.15) is 16.7 Å². The second kappa shape index (κ2) is 6.87. The van der Waals surface area contributed by atoms with Gasteiger partial charge in [-0.15, -0.1) is 0 Å². The molecule has 1 aliphatic carbocycles. The first-order valence-electron chi connectivity index (χ1n) is 9.63. The summed E-state index contributed by atoms with van der Waals surface area (Å²) in [5, 5.41) is 19.6. The third-order valence-electron chi connectivity index (χ3n) is 5.53. The number of halogens is 3. The number of hydrogen-bond donors (Lipinski definition) is 2. The predicted molar refractivity (Wildman–Crippen MR) is 112 cm³/mol. The zero-order valence-corrected chi connectivity index (χ0v) is 16.1. The fraction of sp³-hybridized carbons (Fsp3) is 0.0800. The molecule has 0 amide bonds. The molecular weight excluding hydrogens is 403 g/mol. The lowest BCUT2D eigenvalue weighted by molar-refractivity contribution is -0.137. The quantitative estimate of drug-likeness (QED) is 0.347. The monoisotopic (exact) mass is 419 g/mol. The molecule has 0 fully saturated rings. The summed E-state index contributed by atoms with van der Waals surface area (Å²) >= 11 is 0. The third kappa shape index (κ3) is 3.40. The van der Waals surface area contributed by atoms with Gasteiger partial charge < -0.3 is 10.2 Å². The number of rotatable bonds is 2. The number of nitrogens with zero attached hydrogens (tertiary/aromatic N) is 1. The van der Waals surface area contributed by atoms with Crippen LogP contribution in [0.15, 0.2) is 72.8 Å². The second-order valence-electron chi connectivity index (χ2n) is 7.52. The first-order chi connectivity index (χ1) is 14.8. The summed E-state index contributed by atoms with van der Waals surface area (Å²) < 4.78 is 38.9. The van der Waals surface area contributed by atoms with E-state index < -0.39 is 11.7 Å². The van der Waals surface area contributed by atoms with Gasteiger partial charge in [-0.3, -0.25) is 0 Å². The Labute approximate surface area is 176 Å². The van der Waals surface area contributed by atoms with Gasteiger partial charge in [0.1, 0.15) is 11.5 Å². The van der Waals surface area contributed by atoms with Crippen molar-refractivity contribution in [3.05, 3.63) is 89.5 Å². The summed E-state index contributed by atoms with van der Waals surface area (Å²) in [6.45, 7) is 0. The summed E-state index contributed by atoms with van der Waals surface area (Å²) in [4.78, 5) is 4.76. The molecule has 1 heterocycles. The van der Waals surface area contributed by atoms with Crippen molar-refractivity contribution in [2.75, 3.05) is 0 Å². The molecule has 4 aromatic rings. The van der Waals surface area contributed by atoms with E-state index in [-0.39, 0.29) is 11.5 Å².